The van der Waals surface area contributed by atoms with E-state index in [9.17, 15) is 13.2 Å². The quantitative estimate of drug-likeness (QED) is 0.707. The Labute approximate surface area is 168 Å². The fourth-order valence-corrected chi connectivity index (χ4v) is 6.05. The van der Waals surface area contributed by atoms with E-state index in [1.165, 1.54) is 11.3 Å². The Morgan fingerprint density at radius 3 is 2.50 bits per heavy atom. The lowest BCUT2D eigenvalue weighted by Gasteiger charge is -2.34. The van der Waals surface area contributed by atoms with Gasteiger partial charge in [0.2, 0.25) is 5.95 Å². The molecule has 2 amide bonds. The Kier molecular flexibility index (Phi) is 5.47. The van der Waals surface area contributed by atoms with E-state index in [1.54, 1.807) is 23.2 Å². The molecule has 9 nitrogen and oxygen atoms in total. The Morgan fingerprint density at radius 1 is 1.04 bits per heavy atom. The van der Waals surface area contributed by atoms with Crippen molar-refractivity contribution < 1.29 is 13.2 Å². The third-order valence-corrected chi connectivity index (χ3v) is 7.67. The number of carbonyl (C=O) groups excluding carboxylic acids is 1. The number of hydrogen-bond donors (Lipinski definition) is 1. The summed E-state index contributed by atoms with van der Waals surface area (Å²) in [7, 11) is -3.73. The van der Waals surface area contributed by atoms with Crippen LogP contribution in [0.25, 0.3) is 0 Å². The monoisotopic (exact) mass is 422 g/mol. The maximum absolute atomic E-state index is 12.6. The van der Waals surface area contributed by atoms with Crippen molar-refractivity contribution in [1.29, 1.82) is 0 Å². The molecule has 0 aromatic carbocycles. The van der Waals surface area contributed by atoms with Gasteiger partial charge in [0.25, 0.3) is 10.0 Å². The summed E-state index contributed by atoms with van der Waals surface area (Å²) in [5.41, 5.74) is 0.381. The van der Waals surface area contributed by atoms with E-state index >= 15 is 0 Å². The molecule has 150 valence electrons. The Balaban J connectivity index is 1.23. The maximum atomic E-state index is 12.6. The first-order chi connectivity index (χ1) is 13.6. The number of sulfonamides is 1. The van der Waals surface area contributed by atoms with Crippen LogP contribution in [-0.4, -0.2) is 72.9 Å². The Hall–Kier alpha value is -2.24. The minimum absolute atomic E-state index is 0.191. The largest absolute Gasteiger partial charge is 0.338 e. The zero-order chi connectivity index (χ0) is 19.6. The first-order valence-electron chi connectivity index (χ1n) is 9.20. The van der Waals surface area contributed by atoms with E-state index < -0.39 is 16.1 Å². The third-order valence-electron chi connectivity index (χ3n) is 4.96. The summed E-state index contributed by atoms with van der Waals surface area (Å²) in [6.45, 7) is 4.64. The molecule has 1 fully saturated rings. The normalized spacial score (nSPS) is 19.4. The van der Waals surface area contributed by atoms with Gasteiger partial charge in [0, 0.05) is 55.9 Å². The van der Waals surface area contributed by atoms with Gasteiger partial charge in [-0.05, 0) is 25.5 Å². The first kappa shape index (κ1) is 19.1. The van der Waals surface area contributed by atoms with Crippen molar-refractivity contribution in [2.24, 2.45) is 0 Å². The molecule has 0 radical (unpaired) electrons. The lowest BCUT2D eigenvalue weighted by Crippen LogP contribution is -2.47. The molecule has 0 bridgehead atoms. The van der Waals surface area contributed by atoms with E-state index in [1.807, 2.05) is 6.07 Å². The van der Waals surface area contributed by atoms with Gasteiger partial charge in [-0.3, -0.25) is 4.90 Å². The lowest BCUT2D eigenvalue weighted by molar-refractivity contribution is 0.230. The molecule has 0 saturated carbocycles. The first-order valence-corrected chi connectivity index (χ1v) is 11.6. The van der Waals surface area contributed by atoms with Crippen molar-refractivity contribution in [2.45, 2.75) is 17.7 Å². The van der Waals surface area contributed by atoms with E-state index in [0.717, 1.165) is 49.4 Å². The molecule has 2 aliphatic heterocycles. The average molecular weight is 423 g/mol. The second-order valence-electron chi connectivity index (χ2n) is 6.74. The second-order valence-corrected chi connectivity index (χ2v) is 9.32. The number of fused-ring (bicyclic) bond motifs is 1. The number of nitrogens with one attached hydrogen (secondary N) is 1. The van der Waals surface area contributed by atoms with Crippen molar-refractivity contribution in [3.05, 3.63) is 29.2 Å². The highest BCUT2D eigenvalue weighted by molar-refractivity contribution is 7.90. The average Bonchev–Trinajstić information content (AvgIpc) is 3.18. The number of urea groups is 1. The van der Waals surface area contributed by atoms with Crippen LogP contribution in [0.4, 0.5) is 16.4 Å². The van der Waals surface area contributed by atoms with E-state index in [0.29, 0.717) is 12.1 Å². The molecule has 4 rings (SSSR count). The van der Waals surface area contributed by atoms with Gasteiger partial charge in [0.1, 0.15) is 4.90 Å². The maximum Gasteiger partial charge on any atom is 0.335 e. The number of thiophene rings is 1. The highest BCUT2D eigenvalue weighted by atomic mass is 32.2. The SMILES string of the molecule is O=C1Nc2cscc2S(=O)(=O)N1CCCCN1CCN(c2ncccn2)CC1. The van der Waals surface area contributed by atoms with E-state index in [4.69, 9.17) is 0 Å². The molecule has 0 unspecified atom stereocenters. The summed E-state index contributed by atoms with van der Waals surface area (Å²) in [5, 5.41) is 5.85. The molecule has 2 aromatic heterocycles. The van der Waals surface area contributed by atoms with Crippen molar-refractivity contribution in [1.82, 2.24) is 19.2 Å². The minimum atomic E-state index is -3.73. The van der Waals surface area contributed by atoms with Crippen LogP contribution >= 0.6 is 11.3 Å². The van der Waals surface area contributed by atoms with Gasteiger partial charge < -0.3 is 10.2 Å². The standard InChI is InChI=1S/C17H22N6O3S2/c24-17-20-14-12-27-13-15(14)28(25,26)23(17)7-2-1-6-21-8-10-22(11-9-21)16-18-4-3-5-19-16/h3-5,12-13H,1-2,6-11H2,(H,20,24). The highest BCUT2D eigenvalue weighted by Crippen LogP contribution is 2.33. The zero-order valence-corrected chi connectivity index (χ0v) is 17.0. The lowest BCUT2D eigenvalue weighted by atomic mass is 10.2. The number of piperazine rings is 1. The van der Waals surface area contributed by atoms with Crippen LogP contribution in [0.2, 0.25) is 0 Å². The molecule has 4 heterocycles. The van der Waals surface area contributed by atoms with Crippen LogP contribution in [0.1, 0.15) is 12.8 Å². The molecule has 0 atom stereocenters. The summed E-state index contributed by atoms with van der Waals surface area (Å²) in [4.78, 5) is 25.4. The summed E-state index contributed by atoms with van der Waals surface area (Å²) < 4.78 is 26.1. The number of unbranched alkanes of at least 4 members (excludes halogenated alkanes) is 1. The van der Waals surface area contributed by atoms with Gasteiger partial charge in [-0.2, -0.15) is 0 Å². The van der Waals surface area contributed by atoms with Crippen LogP contribution in [0.15, 0.2) is 34.1 Å². The molecule has 2 aliphatic rings. The summed E-state index contributed by atoms with van der Waals surface area (Å²) >= 11 is 1.27. The van der Waals surface area contributed by atoms with Gasteiger partial charge in [0.15, 0.2) is 0 Å². The number of rotatable bonds is 6. The Bertz CT molecular complexity index is 925. The van der Waals surface area contributed by atoms with E-state index in [2.05, 4.69) is 25.1 Å². The molecular weight excluding hydrogens is 400 g/mol. The van der Waals surface area contributed by atoms with Crippen molar-refractivity contribution in [2.75, 3.05) is 49.5 Å². The highest BCUT2D eigenvalue weighted by Gasteiger charge is 2.36. The molecule has 0 aliphatic carbocycles. The summed E-state index contributed by atoms with van der Waals surface area (Å²) in [6, 6.07) is 1.24. The third kappa shape index (κ3) is 3.82. The van der Waals surface area contributed by atoms with Crippen LogP contribution in [0, 0.1) is 0 Å². The van der Waals surface area contributed by atoms with Crippen molar-refractivity contribution in [3.63, 3.8) is 0 Å². The Morgan fingerprint density at radius 2 is 1.75 bits per heavy atom. The number of amides is 2. The fraction of sp³-hybridized carbons (Fsp3) is 0.471. The fourth-order valence-electron chi connectivity index (χ4n) is 3.42. The molecule has 1 saturated heterocycles. The molecule has 0 spiro atoms. The van der Waals surface area contributed by atoms with Crippen LogP contribution < -0.4 is 10.2 Å². The molecular formula is C17H22N6O3S2. The molecule has 28 heavy (non-hydrogen) atoms. The smallest absolute Gasteiger partial charge is 0.335 e. The predicted molar refractivity (Wildman–Crippen MR) is 107 cm³/mol. The number of nitrogens with zero attached hydrogens (tertiary/aromatic N) is 5. The van der Waals surface area contributed by atoms with Gasteiger partial charge in [0.05, 0.1) is 5.69 Å². The molecule has 1 N–H and O–H groups in total. The molecule has 11 heteroatoms. The number of anilines is 2. The number of hydrogen-bond acceptors (Lipinski definition) is 8. The number of aromatic nitrogens is 2. The van der Waals surface area contributed by atoms with Gasteiger partial charge in [-0.1, -0.05) is 0 Å². The summed E-state index contributed by atoms with van der Waals surface area (Å²) in [5.74, 6) is 0.760. The number of carbonyl (C=O) groups is 1. The zero-order valence-electron chi connectivity index (χ0n) is 15.3. The topological polar surface area (TPSA) is 98.7 Å². The van der Waals surface area contributed by atoms with Crippen LogP contribution in [0.5, 0.6) is 0 Å². The van der Waals surface area contributed by atoms with Crippen molar-refractivity contribution in [3.8, 4) is 0 Å². The predicted octanol–water partition coefficient (Wildman–Crippen LogP) is 1.68. The van der Waals surface area contributed by atoms with Gasteiger partial charge in [-0.15, -0.1) is 11.3 Å². The van der Waals surface area contributed by atoms with Crippen molar-refractivity contribution >= 4 is 39.0 Å². The van der Waals surface area contributed by atoms with Gasteiger partial charge in [-0.25, -0.2) is 27.5 Å². The summed E-state index contributed by atoms with van der Waals surface area (Å²) in [6.07, 6.45) is 4.96. The van der Waals surface area contributed by atoms with E-state index in [-0.39, 0.29) is 11.4 Å². The second kappa shape index (κ2) is 8.02. The van der Waals surface area contributed by atoms with Gasteiger partial charge >= 0.3 is 6.03 Å². The van der Waals surface area contributed by atoms with Crippen LogP contribution in [-0.2, 0) is 10.0 Å². The van der Waals surface area contributed by atoms with Crippen LogP contribution in [0.3, 0.4) is 0 Å². The minimum Gasteiger partial charge on any atom is -0.338 e. The molecule has 2 aromatic rings.